The van der Waals surface area contributed by atoms with Crippen LogP contribution in [0.1, 0.15) is 20.8 Å². The number of fused-ring (bicyclic) bond motifs is 1. The minimum atomic E-state index is -0.514. The van der Waals surface area contributed by atoms with Crippen LogP contribution in [-0.2, 0) is 4.74 Å². The molecule has 4 rings (SSSR count). The summed E-state index contributed by atoms with van der Waals surface area (Å²) in [4.78, 5) is 25.5. The lowest BCUT2D eigenvalue weighted by molar-refractivity contribution is 0.0240. The van der Waals surface area contributed by atoms with Crippen LogP contribution in [0.4, 0.5) is 15.0 Å². The molecular formula is C21H23BrFN5O2. The molecule has 0 unspecified atom stereocenters. The Morgan fingerprint density at radius 3 is 2.43 bits per heavy atom. The van der Waals surface area contributed by atoms with Gasteiger partial charge in [-0.25, -0.2) is 19.2 Å². The number of benzene rings is 1. The average Bonchev–Trinajstić information content (AvgIpc) is 3.04. The van der Waals surface area contributed by atoms with Gasteiger partial charge in [-0.05, 0) is 61.0 Å². The molecule has 158 valence electrons. The van der Waals surface area contributed by atoms with Crippen LogP contribution >= 0.6 is 15.9 Å². The zero-order valence-electron chi connectivity index (χ0n) is 17.1. The molecule has 0 saturated carbocycles. The van der Waals surface area contributed by atoms with E-state index in [4.69, 9.17) is 9.72 Å². The lowest BCUT2D eigenvalue weighted by Gasteiger charge is -2.36. The summed E-state index contributed by atoms with van der Waals surface area (Å²) in [5.41, 5.74) is 1.72. The number of piperazine rings is 1. The first-order valence-corrected chi connectivity index (χ1v) is 10.5. The quantitative estimate of drug-likeness (QED) is 0.550. The third-order valence-electron chi connectivity index (χ3n) is 4.81. The minimum absolute atomic E-state index is 0.288. The van der Waals surface area contributed by atoms with E-state index in [1.807, 2.05) is 31.4 Å². The van der Waals surface area contributed by atoms with Crippen LogP contribution in [0.15, 0.2) is 41.3 Å². The molecule has 1 saturated heterocycles. The van der Waals surface area contributed by atoms with E-state index in [2.05, 4.69) is 25.8 Å². The number of anilines is 1. The Morgan fingerprint density at radius 1 is 1.13 bits per heavy atom. The van der Waals surface area contributed by atoms with Crippen LogP contribution in [0.5, 0.6) is 0 Å². The van der Waals surface area contributed by atoms with E-state index in [1.165, 1.54) is 12.1 Å². The third kappa shape index (κ3) is 4.12. The van der Waals surface area contributed by atoms with Crippen molar-refractivity contribution in [2.24, 2.45) is 0 Å². The van der Waals surface area contributed by atoms with E-state index in [0.717, 1.165) is 21.7 Å². The Kier molecular flexibility index (Phi) is 5.40. The molecule has 1 fully saturated rings. The lowest BCUT2D eigenvalue weighted by Crippen LogP contribution is -2.50. The summed E-state index contributed by atoms with van der Waals surface area (Å²) in [5.74, 6) is 0.458. The molecule has 3 heterocycles. The predicted molar refractivity (Wildman–Crippen MR) is 116 cm³/mol. The van der Waals surface area contributed by atoms with Crippen molar-refractivity contribution in [2.75, 3.05) is 31.1 Å². The van der Waals surface area contributed by atoms with Crippen molar-refractivity contribution >= 4 is 33.5 Å². The molecular weight excluding hydrogens is 453 g/mol. The second-order valence-electron chi connectivity index (χ2n) is 8.16. The summed E-state index contributed by atoms with van der Waals surface area (Å²) in [7, 11) is 0. The number of carbonyl (C=O) groups is 1. The van der Waals surface area contributed by atoms with Crippen LogP contribution in [-0.4, -0.2) is 57.1 Å². The number of amides is 1. The maximum atomic E-state index is 13.3. The Balaban J connectivity index is 1.58. The van der Waals surface area contributed by atoms with Crippen LogP contribution in [0.3, 0.4) is 0 Å². The number of carbonyl (C=O) groups excluding carboxylic acids is 1. The number of hydrogen-bond acceptors (Lipinski definition) is 5. The maximum absolute atomic E-state index is 13.3. The normalized spacial score (nSPS) is 15.0. The smallest absolute Gasteiger partial charge is 0.410 e. The van der Waals surface area contributed by atoms with Crippen molar-refractivity contribution < 1.29 is 13.9 Å². The molecule has 30 heavy (non-hydrogen) atoms. The maximum Gasteiger partial charge on any atom is 0.410 e. The number of imidazole rings is 1. The van der Waals surface area contributed by atoms with Crippen LogP contribution in [0.2, 0.25) is 0 Å². The molecule has 7 nitrogen and oxygen atoms in total. The summed E-state index contributed by atoms with van der Waals surface area (Å²) in [5, 5.41) is 0. The van der Waals surface area contributed by atoms with E-state index < -0.39 is 5.60 Å². The Hall–Kier alpha value is -2.68. The van der Waals surface area contributed by atoms with E-state index >= 15 is 0 Å². The molecule has 0 bridgehead atoms. The number of rotatable bonds is 2. The van der Waals surface area contributed by atoms with Crippen LogP contribution in [0.25, 0.3) is 16.9 Å². The predicted octanol–water partition coefficient (Wildman–Crippen LogP) is 4.36. The molecule has 9 heteroatoms. The van der Waals surface area contributed by atoms with Crippen molar-refractivity contribution in [3.8, 4) is 11.3 Å². The first-order chi connectivity index (χ1) is 14.2. The van der Waals surface area contributed by atoms with Gasteiger partial charge in [0.2, 0.25) is 0 Å². The zero-order valence-corrected chi connectivity index (χ0v) is 18.7. The van der Waals surface area contributed by atoms with Gasteiger partial charge in [-0.15, -0.1) is 0 Å². The van der Waals surface area contributed by atoms with Gasteiger partial charge in [0.25, 0.3) is 0 Å². The highest BCUT2D eigenvalue weighted by molar-refractivity contribution is 9.10. The molecule has 1 aliphatic heterocycles. The molecule has 1 aliphatic rings. The monoisotopic (exact) mass is 475 g/mol. The molecule has 0 atom stereocenters. The first kappa shape index (κ1) is 20.6. The van der Waals surface area contributed by atoms with Crippen molar-refractivity contribution in [1.82, 2.24) is 19.3 Å². The van der Waals surface area contributed by atoms with E-state index in [9.17, 15) is 9.18 Å². The second kappa shape index (κ2) is 7.86. The van der Waals surface area contributed by atoms with Crippen molar-refractivity contribution in [3.63, 3.8) is 0 Å². The summed E-state index contributed by atoms with van der Waals surface area (Å²) in [6.07, 6.45) is 3.26. The Morgan fingerprint density at radius 2 is 1.80 bits per heavy atom. The highest BCUT2D eigenvalue weighted by atomic mass is 79.9. The van der Waals surface area contributed by atoms with Gasteiger partial charge in [-0.1, -0.05) is 0 Å². The van der Waals surface area contributed by atoms with Gasteiger partial charge in [0.05, 0.1) is 0 Å². The second-order valence-corrected chi connectivity index (χ2v) is 8.91. The van der Waals surface area contributed by atoms with Gasteiger partial charge in [0.15, 0.2) is 11.5 Å². The highest BCUT2D eigenvalue weighted by Gasteiger charge is 2.28. The first-order valence-electron chi connectivity index (χ1n) is 9.74. The van der Waals surface area contributed by atoms with E-state index in [1.54, 1.807) is 23.2 Å². The number of halogens is 2. The van der Waals surface area contributed by atoms with Gasteiger partial charge in [0, 0.05) is 44.1 Å². The van der Waals surface area contributed by atoms with Gasteiger partial charge >= 0.3 is 6.09 Å². The molecule has 2 aromatic heterocycles. The van der Waals surface area contributed by atoms with E-state index in [0.29, 0.717) is 31.8 Å². The molecule has 1 aromatic carbocycles. The van der Waals surface area contributed by atoms with Crippen molar-refractivity contribution in [1.29, 1.82) is 0 Å². The number of aromatic nitrogens is 3. The molecule has 0 N–H and O–H groups in total. The fraction of sp³-hybridized carbons (Fsp3) is 0.381. The fourth-order valence-electron chi connectivity index (χ4n) is 3.38. The van der Waals surface area contributed by atoms with Gasteiger partial charge < -0.3 is 14.5 Å². The van der Waals surface area contributed by atoms with Crippen molar-refractivity contribution in [2.45, 2.75) is 26.4 Å². The molecule has 0 spiro atoms. The van der Waals surface area contributed by atoms with Crippen LogP contribution in [0, 0.1) is 5.82 Å². The SMILES string of the molecule is CC(C)(C)OC(=O)N1CCN(c2nccn3c(Br)c(-c4ccc(F)cc4)nc23)CC1. The van der Waals surface area contributed by atoms with Crippen LogP contribution < -0.4 is 4.90 Å². The standard InChI is InChI=1S/C21H23BrFN5O2/c1-21(2,3)30-20(29)27-12-10-26(11-13-27)18-19-25-16(14-4-6-15(23)7-5-14)17(22)28(19)9-8-24-18/h4-9H,10-13H2,1-3H3. The third-order valence-corrected chi connectivity index (χ3v) is 5.57. The minimum Gasteiger partial charge on any atom is -0.444 e. The zero-order chi connectivity index (χ0) is 21.5. The lowest BCUT2D eigenvalue weighted by atomic mass is 10.2. The fourth-order valence-corrected chi connectivity index (χ4v) is 3.98. The average molecular weight is 476 g/mol. The molecule has 1 amide bonds. The molecule has 3 aromatic rings. The summed E-state index contributed by atoms with van der Waals surface area (Å²) in [6, 6.07) is 6.24. The highest BCUT2D eigenvalue weighted by Crippen LogP contribution is 2.32. The van der Waals surface area contributed by atoms with Crippen molar-refractivity contribution in [3.05, 3.63) is 47.1 Å². The number of nitrogens with zero attached hydrogens (tertiary/aromatic N) is 5. The Labute approximate surface area is 182 Å². The van der Waals surface area contributed by atoms with Gasteiger partial charge in [0.1, 0.15) is 21.7 Å². The Bertz CT molecular complexity index is 1070. The topological polar surface area (TPSA) is 63.0 Å². The largest absolute Gasteiger partial charge is 0.444 e. The molecule has 0 radical (unpaired) electrons. The summed E-state index contributed by atoms with van der Waals surface area (Å²) < 4.78 is 21.5. The summed E-state index contributed by atoms with van der Waals surface area (Å²) >= 11 is 3.61. The van der Waals surface area contributed by atoms with Gasteiger partial charge in [-0.2, -0.15) is 0 Å². The molecule has 0 aliphatic carbocycles. The van der Waals surface area contributed by atoms with Gasteiger partial charge in [-0.3, -0.25) is 4.40 Å². The van der Waals surface area contributed by atoms with E-state index in [-0.39, 0.29) is 11.9 Å². The summed E-state index contributed by atoms with van der Waals surface area (Å²) in [6.45, 7) is 7.93. The number of hydrogen-bond donors (Lipinski definition) is 0. The number of ether oxygens (including phenoxy) is 1.